The number of aromatic amines is 1. The lowest BCUT2D eigenvalue weighted by Gasteiger charge is -2.24. The number of rotatable bonds is 4. The van der Waals surface area contributed by atoms with Gasteiger partial charge in [0.2, 0.25) is 5.91 Å². The number of hydrogen-bond donors (Lipinski definition) is 2. The molecule has 2 aromatic carbocycles. The predicted octanol–water partition coefficient (Wildman–Crippen LogP) is 4.52. The van der Waals surface area contributed by atoms with E-state index in [2.05, 4.69) is 38.0 Å². The lowest BCUT2D eigenvalue weighted by Crippen LogP contribution is -2.31. The zero-order valence-electron chi connectivity index (χ0n) is 21.7. The summed E-state index contributed by atoms with van der Waals surface area (Å²) in [5.74, 6) is 1.57. The highest BCUT2D eigenvalue weighted by Crippen LogP contribution is 2.60. The molecule has 1 spiro atoms. The van der Waals surface area contributed by atoms with Gasteiger partial charge in [-0.2, -0.15) is 4.68 Å². The SMILES string of the molecule is O=C1Nc2ccc(-c3cnc(C4C5CC5c5cc(-c6cc(Cl)ccc6-n6cnnn6)cc(=O)n54)[nH]3)cc2CC12CC2. The van der Waals surface area contributed by atoms with Crippen LogP contribution in [0.2, 0.25) is 5.02 Å². The summed E-state index contributed by atoms with van der Waals surface area (Å²) in [4.78, 5) is 34.4. The fourth-order valence-corrected chi connectivity index (χ4v) is 7.06. The number of imidazole rings is 1. The molecular weight excluding hydrogens is 540 g/mol. The number of nitrogens with zero attached hydrogens (tertiary/aromatic N) is 6. The van der Waals surface area contributed by atoms with Crippen LogP contribution in [0.3, 0.4) is 0 Å². The van der Waals surface area contributed by atoms with E-state index in [-0.39, 0.29) is 22.9 Å². The van der Waals surface area contributed by atoms with E-state index in [1.807, 2.05) is 35.0 Å². The van der Waals surface area contributed by atoms with Gasteiger partial charge in [-0.15, -0.1) is 5.10 Å². The fourth-order valence-electron chi connectivity index (χ4n) is 6.89. The highest BCUT2D eigenvalue weighted by molar-refractivity contribution is 6.31. The van der Waals surface area contributed by atoms with Gasteiger partial charge in [-0.1, -0.05) is 17.7 Å². The van der Waals surface area contributed by atoms with E-state index in [0.29, 0.717) is 16.9 Å². The van der Waals surface area contributed by atoms with Crippen molar-refractivity contribution >= 4 is 23.2 Å². The molecule has 2 fully saturated rings. The van der Waals surface area contributed by atoms with Crippen molar-refractivity contribution in [2.45, 2.75) is 37.6 Å². The molecule has 41 heavy (non-hydrogen) atoms. The van der Waals surface area contributed by atoms with E-state index >= 15 is 0 Å². The summed E-state index contributed by atoms with van der Waals surface area (Å²) in [6.45, 7) is 0. The summed E-state index contributed by atoms with van der Waals surface area (Å²) in [5.41, 5.74) is 7.05. The summed E-state index contributed by atoms with van der Waals surface area (Å²) in [6, 6.07) is 15.2. The molecule has 0 bridgehead atoms. The number of nitrogens with one attached hydrogen (secondary N) is 2. The van der Waals surface area contributed by atoms with E-state index in [4.69, 9.17) is 16.6 Å². The fraction of sp³-hybridized carbons (Fsp3) is 0.267. The minimum Gasteiger partial charge on any atom is -0.340 e. The number of benzene rings is 2. The zero-order valence-corrected chi connectivity index (χ0v) is 22.5. The van der Waals surface area contributed by atoms with Crippen molar-refractivity contribution in [2.24, 2.45) is 11.3 Å². The molecule has 9 rings (SSSR count). The Kier molecular flexibility index (Phi) is 4.52. The van der Waals surface area contributed by atoms with Gasteiger partial charge in [0.05, 0.1) is 29.0 Å². The van der Waals surface area contributed by atoms with Crippen LogP contribution in [0, 0.1) is 11.3 Å². The number of halogens is 1. The second-order valence-electron chi connectivity index (χ2n) is 11.7. The molecule has 2 saturated carbocycles. The Morgan fingerprint density at radius 3 is 2.76 bits per heavy atom. The number of carbonyl (C=O) groups is 1. The number of amides is 1. The van der Waals surface area contributed by atoms with Gasteiger partial charge in [0.25, 0.3) is 5.56 Å². The molecule has 5 heterocycles. The number of pyridine rings is 1. The molecule has 2 aliphatic carbocycles. The molecular formula is C30H23ClN8O2. The van der Waals surface area contributed by atoms with E-state index in [1.165, 1.54) is 6.33 Å². The Morgan fingerprint density at radius 1 is 1.02 bits per heavy atom. The van der Waals surface area contributed by atoms with Crippen LogP contribution in [0.15, 0.2) is 65.8 Å². The van der Waals surface area contributed by atoms with Gasteiger partial charge >= 0.3 is 0 Å². The topological polar surface area (TPSA) is 123 Å². The molecule has 2 N–H and O–H groups in total. The molecule has 2 aliphatic heterocycles. The third kappa shape index (κ3) is 3.43. The number of H-pyrrole nitrogens is 1. The van der Waals surface area contributed by atoms with Gasteiger partial charge in [0.1, 0.15) is 12.2 Å². The maximum atomic E-state index is 13.7. The van der Waals surface area contributed by atoms with Crippen LogP contribution >= 0.6 is 11.6 Å². The first-order chi connectivity index (χ1) is 20.0. The Balaban J connectivity index is 1.08. The molecule has 0 saturated heterocycles. The van der Waals surface area contributed by atoms with Crippen LogP contribution in [0.4, 0.5) is 5.69 Å². The standard InChI is InChI=1S/C30H23ClN8O2/c31-18-2-4-24(38-14-33-36-37-38)19(10-18)16-8-25-20-11-21(20)27(39(25)26(40)9-16)28-32-13-23(34-28)15-1-3-22-17(7-15)12-30(5-6-30)29(41)35-22/h1-4,7-10,13-14,20-21,27H,5-6,11-12H2,(H,32,34)(H,35,41). The van der Waals surface area contributed by atoms with Crippen LogP contribution in [0.1, 0.15) is 48.3 Å². The molecule has 202 valence electrons. The number of fused-ring (bicyclic) bond motifs is 4. The number of carbonyl (C=O) groups excluding carboxylic acids is 1. The van der Waals surface area contributed by atoms with Crippen molar-refractivity contribution in [3.63, 3.8) is 0 Å². The summed E-state index contributed by atoms with van der Waals surface area (Å²) in [6.07, 6.45) is 7.07. The highest BCUT2D eigenvalue weighted by Gasteiger charge is 2.54. The first-order valence-electron chi connectivity index (χ1n) is 13.8. The Bertz CT molecular complexity index is 1970. The highest BCUT2D eigenvalue weighted by atomic mass is 35.5. The molecule has 0 radical (unpaired) electrons. The Hall–Kier alpha value is -4.57. The molecule has 4 aliphatic rings. The normalized spacial score (nSPS) is 22.7. The predicted molar refractivity (Wildman–Crippen MR) is 151 cm³/mol. The van der Waals surface area contributed by atoms with Crippen LogP contribution < -0.4 is 10.9 Å². The maximum absolute atomic E-state index is 13.7. The summed E-state index contributed by atoms with van der Waals surface area (Å²) < 4.78 is 3.47. The first kappa shape index (κ1) is 23.2. The second kappa shape index (κ2) is 8.01. The molecule has 3 atom stereocenters. The molecule has 3 aromatic heterocycles. The van der Waals surface area contributed by atoms with Crippen LogP contribution in [-0.4, -0.2) is 40.6 Å². The molecule has 11 heteroatoms. The lowest BCUT2D eigenvalue weighted by atomic mass is 9.89. The van der Waals surface area contributed by atoms with Gasteiger partial charge < -0.3 is 14.9 Å². The van der Waals surface area contributed by atoms with Gasteiger partial charge in [0.15, 0.2) is 0 Å². The Labute approximate surface area is 238 Å². The molecule has 1 amide bonds. The monoisotopic (exact) mass is 562 g/mol. The van der Waals surface area contributed by atoms with E-state index in [1.54, 1.807) is 16.8 Å². The van der Waals surface area contributed by atoms with E-state index < -0.39 is 0 Å². The minimum absolute atomic E-state index is 0.0745. The summed E-state index contributed by atoms with van der Waals surface area (Å²) in [7, 11) is 0. The van der Waals surface area contributed by atoms with Crippen molar-refractivity contribution in [2.75, 3.05) is 5.32 Å². The van der Waals surface area contributed by atoms with Gasteiger partial charge in [0, 0.05) is 34.0 Å². The van der Waals surface area contributed by atoms with Crippen molar-refractivity contribution < 1.29 is 4.79 Å². The third-order valence-electron chi connectivity index (χ3n) is 9.27. The van der Waals surface area contributed by atoms with Crippen molar-refractivity contribution in [3.8, 4) is 28.1 Å². The summed E-state index contributed by atoms with van der Waals surface area (Å²) in [5, 5.41) is 15.2. The smallest absolute Gasteiger partial charge is 0.252 e. The largest absolute Gasteiger partial charge is 0.340 e. The van der Waals surface area contributed by atoms with Crippen molar-refractivity contribution in [1.82, 2.24) is 34.7 Å². The average molecular weight is 563 g/mol. The van der Waals surface area contributed by atoms with Crippen LogP contribution in [-0.2, 0) is 11.2 Å². The first-order valence-corrected chi connectivity index (χ1v) is 14.1. The number of tetrazole rings is 1. The Morgan fingerprint density at radius 2 is 1.93 bits per heavy atom. The van der Waals surface area contributed by atoms with Crippen LogP contribution in [0.5, 0.6) is 0 Å². The number of anilines is 1. The van der Waals surface area contributed by atoms with E-state index in [0.717, 1.165) is 76.5 Å². The third-order valence-corrected chi connectivity index (χ3v) is 9.51. The lowest BCUT2D eigenvalue weighted by molar-refractivity contribution is -0.121. The zero-order chi connectivity index (χ0) is 27.5. The van der Waals surface area contributed by atoms with Crippen molar-refractivity contribution in [3.05, 3.63) is 93.5 Å². The molecule has 3 unspecified atom stereocenters. The van der Waals surface area contributed by atoms with E-state index in [9.17, 15) is 9.59 Å². The van der Waals surface area contributed by atoms with Gasteiger partial charge in [-0.25, -0.2) is 4.98 Å². The molecule has 10 nitrogen and oxygen atoms in total. The molecule has 5 aromatic rings. The second-order valence-corrected chi connectivity index (χ2v) is 12.1. The summed E-state index contributed by atoms with van der Waals surface area (Å²) >= 11 is 6.37. The maximum Gasteiger partial charge on any atom is 0.252 e. The van der Waals surface area contributed by atoms with Gasteiger partial charge in [-0.05, 0) is 95.1 Å². The van der Waals surface area contributed by atoms with Crippen LogP contribution in [0.25, 0.3) is 28.1 Å². The number of aromatic nitrogens is 7. The number of hydrogen-bond acceptors (Lipinski definition) is 6. The van der Waals surface area contributed by atoms with Crippen molar-refractivity contribution in [1.29, 1.82) is 0 Å². The quantitative estimate of drug-likeness (QED) is 0.332. The minimum atomic E-state index is -0.211. The average Bonchev–Trinajstić information content (AvgIpc) is 3.71. The van der Waals surface area contributed by atoms with Gasteiger partial charge in [-0.3, -0.25) is 9.59 Å².